The van der Waals surface area contributed by atoms with Crippen LogP contribution < -0.4 is 14.8 Å². The summed E-state index contributed by atoms with van der Waals surface area (Å²) in [6, 6.07) is 5.43. The predicted molar refractivity (Wildman–Crippen MR) is 92.2 cm³/mol. The molecule has 3 heterocycles. The number of carbonyl (C=O) groups is 1. The van der Waals surface area contributed by atoms with E-state index >= 15 is 0 Å². The molecule has 8 nitrogen and oxygen atoms in total. The van der Waals surface area contributed by atoms with Gasteiger partial charge in [-0.2, -0.15) is 0 Å². The third-order valence-electron chi connectivity index (χ3n) is 3.20. The summed E-state index contributed by atoms with van der Waals surface area (Å²) < 4.78 is 16.6. The Bertz CT molecular complexity index is 882. The quantitative estimate of drug-likeness (QED) is 0.679. The van der Waals surface area contributed by atoms with Crippen LogP contribution in [0.15, 0.2) is 39.4 Å². The Morgan fingerprint density at radius 2 is 2.12 bits per heavy atom. The van der Waals surface area contributed by atoms with Gasteiger partial charge in [-0.1, -0.05) is 11.8 Å². The Labute approximate surface area is 150 Å². The molecule has 0 spiro atoms. The van der Waals surface area contributed by atoms with E-state index in [0.717, 1.165) is 17.3 Å². The smallest absolute Gasteiger partial charge is 0.277 e. The first kappa shape index (κ1) is 15.9. The summed E-state index contributed by atoms with van der Waals surface area (Å²) >= 11 is 2.52. The molecule has 0 saturated carbocycles. The molecule has 10 heteroatoms. The van der Waals surface area contributed by atoms with Crippen molar-refractivity contribution in [2.45, 2.75) is 5.22 Å². The van der Waals surface area contributed by atoms with Crippen molar-refractivity contribution in [2.24, 2.45) is 0 Å². The molecular weight excluding hydrogens is 364 g/mol. The topological polar surface area (TPSA) is 99.4 Å². The summed E-state index contributed by atoms with van der Waals surface area (Å²) in [6.45, 7) is 1.05. The monoisotopic (exact) mass is 376 g/mol. The minimum atomic E-state index is -0.181. The van der Waals surface area contributed by atoms with Crippen molar-refractivity contribution in [3.63, 3.8) is 0 Å². The minimum Gasteiger partial charge on any atom is -0.486 e. The van der Waals surface area contributed by atoms with Gasteiger partial charge in [-0.25, -0.2) is 4.98 Å². The molecule has 2 aromatic heterocycles. The summed E-state index contributed by atoms with van der Waals surface area (Å²) in [5, 5.41) is 13.3. The van der Waals surface area contributed by atoms with Crippen LogP contribution in [0.25, 0.3) is 11.5 Å². The van der Waals surface area contributed by atoms with Gasteiger partial charge in [0.05, 0.1) is 5.75 Å². The van der Waals surface area contributed by atoms with Gasteiger partial charge >= 0.3 is 0 Å². The Balaban J connectivity index is 1.39. The Morgan fingerprint density at radius 1 is 1.24 bits per heavy atom. The number of ether oxygens (including phenoxy) is 2. The van der Waals surface area contributed by atoms with Gasteiger partial charge in [0.2, 0.25) is 11.8 Å². The van der Waals surface area contributed by atoms with E-state index in [1.165, 1.54) is 11.3 Å². The maximum absolute atomic E-state index is 11.8. The number of carbonyl (C=O) groups excluding carboxylic acids is 1. The first-order valence-corrected chi connectivity index (χ1v) is 9.20. The first-order valence-electron chi connectivity index (χ1n) is 7.33. The number of aromatic nitrogens is 3. The van der Waals surface area contributed by atoms with Crippen LogP contribution in [0.3, 0.4) is 0 Å². The van der Waals surface area contributed by atoms with E-state index in [2.05, 4.69) is 20.5 Å². The SMILES string of the molecule is O=C(CSc1nnc(-c2ccc3c(c2)OCCO3)o1)Nc1nccs1. The molecular formula is C15H12N4O4S2. The average molecular weight is 376 g/mol. The molecule has 0 aliphatic carbocycles. The number of nitrogens with zero attached hydrogens (tertiary/aromatic N) is 3. The second-order valence-corrected chi connectivity index (χ2v) is 6.73. The van der Waals surface area contributed by atoms with Gasteiger partial charge in [-0.05, 0) is 18.2 Å². The van der Waals surface area contributed by atoms with Crippen LogP contribution >= 0.6 is 23.1 Å². The van der Waals surface area contributed by atoms with E-state index in [1.54, 1.807) is 17.6 Å². The molecule has 25 heavy (non-hydrogen) atoms. The molecule has 128 valence electrons. The maximum atomic E-state index is 11.8. The highest BCUT2D eigenvalue weighted by molar-refractivity contribution is 7.99. The number of benzene rings is 1. The van der Waals surface area contributed by atoms with Crippen molar-refractivity contribution in [1.29, 1.82) is 0 Å². The van der Waals surface area contributed by atoms with Crippen LogP contribution in [0.2, 0.25) is 0 Å². The highest BCUT2D eigenvalue weighted by Crippen LogP contribution is 2.34. The molecule has 0 radical (unpaired) electrons. The molecule has 1 aliphatic rings. The summed E-state index contributed by atoms with van der Waals surface area (Å²) in [7, 11) is 0. The predicted octanol–water partition coefficient (Wildman–Crippen LogP) is 2.70. The van der Waals surface area contributed by atoms with Crippen LogP contribution in [0.1, 0.15) is 0 Å². The van der Waals surface area contributed by atoms with Crippen molar-refractivity contribution in [2.75, 3.05) is 24.3 Å². The van der Waals surface area contributed by atoms with Crippen molar-refractivity contribution >= 4 is 34.1 Å². The normalized spacial score (nSPS) is 12.8. The van der Waals surface area contributed by atoms with Gasteiger partial charge in [0.1, 0.15) is 13.2 Å². The largest absolute Gasteiger partial charge is 0.486 e. The van der Waals surface area contributed by atoms with E-state index in [-0.39, 0.29) is 11.7 Å². The van der Waals surface area contributed by atoms with Crippen LogP contribution in [0.4, 0.5) is 5.13 Å². The van der Waals surface area contributed by atoms with Gasteiger partial charge < -0.3 is 19.2 Å². The summed E-state index contributed by atoms with van der Waals surface area (Å²) in [4.78, 5) is 15.8. The minimum absolute atomic E-state index is 0.155. The lowest BCUT2D eigenvalue weighted by molar-refractivity contribution is -0.113. The van der Waals surface area contributed by atoms with E-state index in [9.17, 15) is 4.79 Å². The number of amides is 1. The maximum Gasteiger partial charge on any atom is 0.277 e. The molecule has 0 bridgehead atoms. The van der Waals surface area contributed by atoms with Gasteiger partial charge in [0.15, 0.2) is 16.6 Å². The van der Waals surface area contributed by atoms with Crippen molar-refractivity contribution < 1.29 is 18.7 Å². The lowest BCUT2D eigenvalue weighted by Crippen LogP contribution is -2.15. The summed E-state index contributed by atoms with van der Waals surface area (Å²) in [6.07, 6.45) is 1.63. The van der Waals surface area contributed by atoms with Crippen LogP contribution in [-0.2, 0) is 4.79 Å². The van der Waals surface area contributed by atoms with Crippen molar-refractivity contribution in [1.82, 2.24) is 15.2 Å². The number of anilines is 1. The molecule has 1 N–H and O–H groups in total. The van der Waals surface area contributed by atoms with E-state index in [0.29, 0.717) is 41.0 Å². The molecule has 3 aromatic rings. The van der Waals surface area contributed by atoms with E-state index in [4.69, 9.17) is 13.9 Å². The summed E-state index contributed by atoms with van der Waals surface area (Å²) in [5.74, 6) is 1.68. The van der Waals surface area contributed by atoms with Gasteiger partial charge in [0.25, 0.3) is 5.22 Å². The highest BCUT2D eigenvalue weighted by atomic mass is 32.2. The third kappa shape index (κ3) is 3.74. The Kier molecular flexibility index (Phi) is 4.53. The van der Waals surface area contributed by atoms with Gasteiger partial charge in [-0.15, -0.1) is 21.5 Å². The van der Waals surface area contributed by atoms with E-state index in [1.807, 2.05) is 12.1 Å². The number of nitrogens with one attached hydrogen (secondary N) is 1. The zero-order chi connectivity index (χ0) is 17.1. The third-order valence-corrected chi connectivity index (χ3v) is 4.71. The number of hydrogen-bond donors (Lipinski definition) is 1. The van der Waals surface area contributed by atoms with Crippen molar-refractivity contribution in [3.8, 4) is 23.0 Å². The number of thiazole rings is 1. The summed E-state index contributed by atoms with van der Waals surface area (Å²) in [5.41, 5.74) is 0.732. The van der Waals surface area contributed by atoms with E-state index < -0.39 is 0 Å². The van der Waals surface area contributed by atoms with Crippen LogP contribution in [0.5, 0.6) is 11.5 Å². The zero-order valence-corrected chi connectivity index (χ0v) is 14.4. The second-order valence-electron chi connectivity index (χ2n) is 4.91. The lowest BCUT2D eigenvalue weighted by Gasteiger charge is -2.18. The van der Waals surface area contributed by atoms with Crippen LogP contribution in [-0.4, -0.2) is 40.1 Å². The number of thioether (sulfide) groups is 1. The average Bonchev–Trinajstić information content (AvgIpc) is 3.31. The molecule has 1 amide bonds. The number of fused-ring (bicyclic) bond motifs is 1. The Hall–Kier alpha value is -2.59. The molecule has 1 aromatic carbocycles. The van der Waals surface area contributed by atoms with Gasteiger partial charge in [0, 0.05) is 17.1 Å². The number of rotatable bonds is 5. The first-order chi connectivity index (χ1) is 12.3. The molecule has 4 rings (SSSR count). The van der Waals surface area contributed by atoms with Crippen LogP contribution in [0, 0.1) is 0 Å². The van der Waals surface area contributed by atoms with Crippen molar-refractivity contribution in [3.05, 3.63) is 29.8 Å². The molecule has 0 saturated heterocycles. The second kappa shape index (κ2) is 7.11. The molecule has 0 unspecified atom stereocenters. The standard InChI is InChI=1S/C15H12N4O4S2/c20-12(17-14-16-3-6-24-14)8-25-15-19-18-13(23-15)9-1-2-10-11(7-9)22-5-4-21-10/h1-3,6-7H,4-5,8H2,(H,16,17,20). The lowest BCUT2D eigenvalue weighted by atomic mass is 10.2. The fourth-order valence-electron chi connectivity index (χ4n) is 2.13. The van der Waals surface area contributed by atoms with Gasteiger partial charge in [-0.3, -0.25) is 4.79 Å². The zero-order valence-electron chi connectivity index (χ0n) is 12.8. The Morgan fingerprint density at radius 3 is 2.96 bits per heavy atom. The molecule has 0 fully saturated rings. The number of hydrogen-bond acceptors (Lipinski definition) is 9. The molecule has 1 aliphatic heterocycles. The highest BCUT2D eigenvalue weighted by Gasteiger charge is 2.16. The fraction of sp³-hybridized carbons (Fsp3) is 0.200. The fourth-order valence-corrected chi connectivity index (χ4v) is 3.24. The molecule has 0 atom stereocenters.